The summed E-state index contributed by atoms with van der Waals surface area (Å²) in [5.74, 6) is 0.482. The first kappa shape index (κ1) is 17.0. The maximum Gasteiger partial charge on any atom is 0.321 e. The van der Waals surface area contributed by atoms with Crippen LogP contribution < -0.4 is 15.5 Å². The van der Waals surface area contributed by atoms with Crippen LogP contribution in [-0.4, -0.2) is 44.1 Å². The van der Waals surface area contributed by atoms with E-state index in [2.05, 4.69) is 27.8 Å². The van der Waals surface area contributed by atoms with Gasteiger partial charge in [0.05, 0.1) is 17.6 Å². The topological polar surface area (TPSA) is 97.1 Å². The Kier molecular flexibility index (Phi) is 4.73. The zero-order valence-corrected chi connectivity index (χ0v) is 14.7. The summed E-state index contributed by atoms with van der Waals surface area (Å²) in [5.41, 5.74) is 1.67. The molecule has 25 heavy (non-hydrogen) atoms. The fourth-order valence-electron chi connectivity index (χ4n) is 2.95. The molecule has 1 aliphatic heterocycles. The number of nitrogens with one attached hydrogen (secondary N) is 2. The maximum absolute atomic E-state index is 12.5. The van der Waals surface area contributed by atoms with E-state index >= 15 is 0 Å². The average Bonchev–Trinajstić information content (AvgIpc) is 3.22. The van der Waals surface area contributed by atoms with E-state index in [1.807, 2.05) is 6.07 Å². The Morgan fingerprint density at radius 1 is 1.40 bits per heavy atom. The van der Waals surface area contributed by atoms with Crippen LogP contribution >= 0.6 is 0 Å². The van der Waals surface area contributed by atoms with Gasteiger partial charge in [0.2, 0.25) is 5.91 Å². The number of hydrogen-bond donors (Lipinski definition) is 2. The van der Waals surface area contributed by atoms with Gasteiger partial charge in [-0.25, -0.2) is 4.79 Å². The molecule has 3 heterocycles. The molecule has 0 saturated carbocycles. The summed E-state index contributed by atoms with van der Waals surface area (Å²) in [6.45, 7) is 2.63. The van der Waals surface area contributed by atoms with Crippen LogP contribution in [0.2, 0.25) is 0 Å². The number of carbonyl (C=O) groups is 2. The fourth-order valence-corrected chi connectivity index (χ4v) is 2.95. The van der Waals surface area contributed by atoms with Crippen molar-refractivity contribution in [3.8, 4) is 0 Å². The van der Waals surface area contributed by atoms with Crippen LogP contribution in [0.15, 0.2) is 18.5 Å². The Labute approximate surface area is 146 Å². The second kappa shape index (κ2) is 6.96. The molecule has 9 nitrogen and oxygen atoms in total. The molecule has 0 aromatic carbocycles. The van der Waals surface area contributed by atoms with E-state index in [0.29, 0.717) is 18.8 Å². The minimum Gasteiger partial charge on any atom is -0.326 e. The Hall–Kier alpha value is -2.84. The highest BCUT2D eigenvalue weighted by Gasteiger charge is 2.34. The SMILES string of the molecule is CCCc1cc(NC(=O)NC2CCN(c3cnn(C)c3)C2=O)n(C)n1. The number of carbonyl (C=O) groups excluding carboxylic acids is 2. The molecule has 0 bridgehead atoms. The summed E-state index contributed by atoms with van der Waals surface area (Å²) in [6.07, 6.45) is 5.84. The third-order valence-electron chi connectivity index (χ3n) is 4.19. The summed E-state index contributed by atoms with van der Waals surface area (Å²) in [5, 5.41) is 13.9. The minimum atomic E-state index is -0.538. The number of nitrogens with zero attached hydrogens (tertiary/aromatic N) is 5. The molecular weight excluding hydrogens is 322 g/mol. The molecule has 9 heteroatoms. The van der Waals surface area contributed by atoms with Gasteiger partial charge in [-0.15, -0.1) is 0 Å². The van der Waals surface area contributed by atoms with Gasteiger partial charge in [0.25, 0.3) is 0 Å². The van der Waals surface area contributed by atoms with Crippen molar-refractivity contribution in [1.82, 2.24) is 24.9 Å². The molecule has 1 unspecified atom stereocenters. The van der Waals surface area contributed by atoms with Gasteiger partial charge in [0.15, 0.2) is 0 Å². The fraction of sp³-hybridized carbons (Fsp3) is 0.500. The van der Waals surface area contributed by atoms with Gasteiger partial charge in [0.1, 0.15) is 11.9 Å². The van der Waals surface area contributed by atoms with Crippen molar-refractivity contribution < 1.29 is 9.59 Å². The van der Waals surface area contributed by atoms with E-state index in [1.165, 1.54) is 0 Å². The molecule has 0 radical (unpaired) electrons. The van der Waals surface area contributed by atoms with Crippen LogP contribution in [0.4, 0.5) is 16.3 Å². The van der Waals surface area contributed by atoms with Gasteiger partial charge in [0, 0.05) is 32.9 Å². The van der Waals surface area contributed by atoms with Crippen molar-refractivity contribution in [2.24, 2.45) is 14.1 Å². The third kappa shape index (κ3) is 3.65. The van der Waals surface area contributed by atoms with Gasteiger partial charge >= 0.3 is 6.03 Å². The summed E-state index contributed by atoms with van der Waals surface area (Å²) < 4.78 is 3.27. The normalized spacial score (nSPS) is 17.2. The predicted molar refractivity (Wildman–Crippen MR) is 93.3 cm³/mol. The zero-order valence-electron chi connectivity index (χ0n) is 14.7. The van der Waals surface area contributed by atoms with E-state index in [9.17, 15) is 9.59 Å². The van der Waals surface area contributed by atoms with E-state index in [-0.39, 0.29) is 5.91 Å². The molecule has 1 atom stereocenters. The van der Waals surface area contributed by atoms with Crippen molar-refractivity contribution >= 4 is 23.4 Å². The second-order valence-electron chi connectivity index (χ2n) is 6.20. The Morgan fingerprint density at radius 3 is 2.88 bits per heavy atom. The van der Waals surface area contributed by atoms with Crippen LogP contribution in [0, 0.1) is 0 Å². The van der Waals surface area contributed by atoms with Crippen LogP contribution in [0.25, 0.3) is 0 Å². The largest absolute Gasteiger partial charge is 0.326 e. The Balaban J connectivity index is 1.59. The monoisotopic (exact) mass is 345 g/mol. The standard InChI is InChI=1S/C16H23N7O2/c1-4-5-11-8-14(22(3)20-11)19-16(25)18-13-6-7-23(15(13)24)12-9-17-21(2)10-12/h8-10,13H,4-7H2,1-3H3,(H2,18,19,25). The summed E-state index contributed by atoms with van der Waals surface area (Å²) in [4.78, 5) is 26.4. The van der Waals surface area contributed by atoms with Gasteiger partial charge in [-0.2, -0.15) is 10.2 Å². The van der Waals surface area contributed by atoms with Gasteiger partial charge in [-0.3, -0.25) is 19.5 Å². The smallest absolute Gasteiger partial charge is 0.321 e. The third-order valence-corrected chi connectivity index (χ3v) is 4.19. The number of aromatic nitrogens is 4. The maximum atomic E-state index is 12.5. The van der Waals surface area contributed by atoms with Gasteiger partial charge in [-0.05, 0) is 12.8 Å². The summed E-state index contributed by atoms with van der Waals surface area (Å²) >= 11 is 0. The Bertz CT molecular complexity index is 779. The van der Waals surface area contributed by atoms with Crippen LogP contribution in [0.3, 0.4) is 0 Å². The number of urea groups is 1. The first-order valence-corrected chi connectivity index (χ1v) is 8.38. The van der Waals surface area contributed by atoms with E-state index in [1.54, 1.807) is 40.8 Å². The number of aryl methyl sites for hydroxylation is 3. The highest BCUT2D eigenvalue weighted by atomic mass is 16.2. The lowest BCUT2D eigenvalue weighted by molar-refractivity contribution is -0.118. The van der Waals surface area contributed by atoms with Crippen LogP contribution in [-0.2, 0) is 25.3 Å². The molecule has 1 aliphatic rings. The number of anilines is 2. The Morgan fingerprint density at radius 2 is 2.20 bits per heavy atom. The molecule has 0 aliphatic carbocycles. The van der Waals surface area contributed by atoms with Crippen molar-refractivity contribution in [2.75, 3.05) is 16.8 Å². The first-order chi connectivity index (χ1) is 12.0. The molecule has 2 aromatic rings. The van der Waals surface area contributed by atoms with Gasteiger partial charge in [-0.1, -0.05) is 13.3 Å². The molecule has 0 spiro atoms. The molecule has 1 saturated heterocycles. The minimum absolute atomic E-state index is 0.125. The van der Waals surface area contributed by atoms with E-state index < -0.39 is 12.1 Å². The molecule has 3 rings (SSSR count). The molecule has 3 amide bonds. The summed E-state index contributed by atoms with van der Waals surface area (Å²) in [6, 6.07) is 0.905. The van der Waals surface area contributed by atoms with Crippen molar-refractivity contribution in [1.29, 1.82) is 0 Å². The van der Waals surface area contributed by atoms with Crippen molar-refractivity contribution in [2.45, 2.75) is 32.2 Å². The molecule has 2 N–H and O–H groups in total. The lowest BCUT2D eigenvalue weighted by atomic mass is 10.2. The predicted octanol–water partition coefficient (Wildman–Crippen LogP) is 1.03. The molecule has 1 fully saturated rings. The van der Waals surface area contributed by atoms with Crippen molar-refractivity contribution in [3.05, 3.63) is 24.2 Å². The van der Waals surface area contributed by atoms with Crippen LogP contribution in [0.1, 0.15) is 25.5 Å². The summed E-state index contributed by atoms with van der Waals surface area (Å²) in [7, 11) is 3.58. The number of hydrogen-bond acceptors (Lipinski definition) is 4. The quantitative estimate of drug-likeness (QED) is 0.846. The van der Waals surface area contributed by atoms with Gasteiger partial charge < -0.3 is 10.2 Å². The highest BCUT2D eigenvalue weighted by molar-refractivity contribution is 6.02. The molecule has 2 aromatic heterocycles. The number of rotatable bonds is 5. The lowest BCUT2D eigenvalue weighted by Crippen LogP contribution is -2.43. The van der Waals surface area contributed by atoms with E-state index in [4.69, 9.17) is 0 Å². The molecular formula is C16H23N7O2. The van der Waals surface area contributed by atoms with Crippen LogP contribution in [0.5, 0.6) is 0 Å². The molecule has 134 valence electrons. The van der Waals surface area contributed by atoms with E-state index in [0.717, 1.165) is 24.2 Å². The number of amides is 3. The highest BCUT2D eigenvalue weighted by Crippen LogP contribution is 2.20. The first-order valence-electron chi connectivity index (χ1n) is 8.38. The zero-order chi connectivity index (χ0) is 18.0. The average molecular weight is 345 g/mol. The second-order valence-corrected chi connectivity index (χ2v) is 6.20. The lowest BCUT2D eigenvalue weighted by Gasteiger charge is -2.15. The van der Waals surface area contributed by atoms with Crippen molar-refractivity contribution in [3.63, 3.8) is 0 Å².